The van der Waals surface area contributed by atoms with Gasteiger partial charge in [-0.2, -0.15) is 0 Å². The van der Waals surface area contributed by atoms with E-state index in [0.717, 1.165) is 19.0 Å². The Morgan fingerprint density at radius 3 is 2.41 bits per heavy atom. The SMILES string of the molecule is CC1CCN(C(CNC(=O)c2cccc(N)c2)c2ccccc2)CC1.Cl.Cl. The fraction of sp³-hybridized carbons (Fsp3) is 0.381. The Kier molecular flexibility index (Phi) is 9.64. The van der Waals surface area contributed by atoms with Crippen molar-refractivity contribution in [3.05, 3.63) is 65.7 Å². The lowest BCUT2D eigenvalue weighted by atomic mass is 9.95. The molecule has 3 N–H and O–H groups in total. The molecule has 1 fully saturated rings. The minimum atomic E-state index is -0.0707. The molecule has 1 saturated heterocycles. The predicted molar refractivity (Wildman–Crippen MR) is 117 cm³/mol. The maximum absolute atomic E-state index is 12.5. The summed E-state index contributed by atoms with van der Waals surface area (Å²) in [5.74, 6) is 0.716. The van der Waals surface area contributed by atoms with Gasteiger partial charge in [0, 0.05) is 17.8 Å². The van der Waals surface area contributed by atoms with E-state index in [1.165, 1.54) is 18.4 Å². The first-order chi connectivity index (χ1) is 12.1. The van der Waals surface area contributed by atoms with E-state index in [4.69, 9.17) is 5.73 Å². The zero-order chi connectivity index (χ0) is 17.6. The molecule has 0 aliphatic carbocycles. The molecule has 6 heteroatoms. The normalized spacial score (nSPS) is 15.9. The standard InChI is InChI=1S/C21H27N3O.2ClH/c1-16-10-12-24(13-11-16)20(17-6-3-2-4-7-17)15-23-21(25)18-8-5-9-19(22)14-18;;/h2-9,14,16,20H,10-13,15,22H2,1H3,(H,23,25);2*1H. The van der Waals surface area contributed by atoms with Crippen molar-refractivity contribution >= 4 is 36.4 Å². The monoisotopic (exact) mass is 409 g/mol. The first-order valence-electron chi connectivity index (χ1n) is 9.06. The third kappa shape index (κ3) is 6.42. The fourth-order valence-electron chi connectivity index (χ4n) is 3.44. The van der Waals surface area contributed by atoms with Crippen molar-refractivity contribution in [2.45, 2.75) is 25.8 Å². The summed E-state index contributed by atoms with van der Waals surface area (Å²) in [5, 5.41) is 3.10. The molecule has 1 aliphatic rings. The lowest BCUT2D eigenvalue weighted by Crippen LogP contribution is -2.42. The van der Waals surface area contributed by atoms with E-state index in [1.54, 1.807) is 18.2 Å². The van der Waals surface area contributed by atoms with Crippen molar-refractivity contribution < 1.29 is 4.79 Å². The Morgan fingerprint density at radius 1 is 1.11 bits per heavy atom. The van der Waals surface area contributed by atoms with Crippen LogP contribution in [0.15, 0.2) is 54.6 Å². The molecule has 148 valence electrons. The van der Waals surface area contributed by atoms with Crippen LogP contribution in [0.2, 0.25) is 0 Å². The number of amides is 1. The number of halogens is 2. The van der Waals surface area contributed by atoms with Crippen LogP contribution in [-0.4, -0.2) is 30.4 Å². The highest BCUT2D eigenvalue weighted by atomic mass is 35.5. The van der Waals surface area contributed by atoms with Gasteiger partial charge in [-0.3, -0.25) is 9.69 Å². The predicted octanol–water partition coefficient (Wildman–Crippen LogP) is 4.32. The number of rotatable bonds is 5. The quantitative estimate of drug-likeness (QED) is 0.722. The summed E-state index contributed by atoms with van der Waals surface area (Å²) in [5.41, 5.74) is 8.26. The van der Waals surface area contributed by atoms with Crippen molar-refractivity contribution in [1.82, 2.24) is 10.2 Å². The molecule has 1 amide bonds. The maximum atomic E-state index is 12.5. The average molecular weight is 410 g/mol. The number of nitrogens with two attached hydrogens (primary N) is 1. The molecule has 0 aromatic heterocycles. The largest absolute Gasteiger partial charge is 0.399 e. The lowest BCUT2D eigenvalue weighted by molar-refractivity contribution is 0.0913. The smallest absolute Gasteiger partial charge is 0.251 e. The van der Waals surface area contributed by atoms with E-state index in [-0.39, 0.29) is 36.8 Å². The number of nitrogens with zero attached hydrogens (tertiary/aromatic N) is 1. The number of likely N-dealkylation sites (tertiary alicyclic amines) is 1. The van der Waals surface area contributed by atoms with Gasteiger partial charge < -0.3 is 11.1 Å². The van der Waals surface area contributed by atoms with Gasteiger partial charge >= 0.3 is 0 Å². The van der Waals surface area contributed by atoms with Crippen LogP contribution < -0.4 is 11.1 Å². The minimum Gasteiger partial charge on any atom is -0.399 e. The van der Waals surface area contributed by atoms with E-state index < -0.39 is 0 Å². The van der Waals surface area contributed by atoms with Gasteiger partial charge in [-0.1, -0.05) is 43.3 Å². The highest BCUT2D eigenvalue weighted by Crippen LogP contribution is 2.26. The first kappa shape index (κ1) is 23.3. The Balaban J connectivity index is 0.00000182. The molecule has 1 aliphatic heterocycles. The summed E-state index contributed by atoms with van der Waals surface area (Å²) < 4.78 is 0. The van der Waals surface area contributed by atoms with E-state index >= 15 is 0 Å². The van der Waals surface area contributed by atoms with Gasteiger partial charge in [-0.25, -0.2) is 0 Å². The maximum Gasteiger partial charge on any atom is 0.251 e. The van der Waals surface area contributed by atoms with Gasteiger partial charge in [-0.05, 0) is 55.6 Å². The summed E-state index contributed by atoms with van der Waals surface area (Å²) in [4.78, 5) is 15.0. The molecule has 2 aromatic carbocycles. The number of benzene rings is 2. The van der Waals surface area contributed by atoms with Gasteiger partial charge in [0.1, 0.15) is 0 Å². The number of piperidine rings is 1. The van der Waals surface area contributed by atoms with Crippen LogP contribution in [0.1, 0.15) is 41.7 Å². The molecule has 0 spiro atoms. The van der Waals surface area contributed by atoms with Crippen molar-refractivity contribution in [3.8, 4) is 0 Å². The van der Waals surface area contributed by atoms with E-state index in [2.05, 4.69) is 41.4 Å². The number of carbonyl (C=O) groups excluding carboxylic acids is 1. The molecule has 2 aromatic rings. The molecule has 0 saturated carbocycles. The van der Waals surface area contributed by atoms with Gasteiger partial charge in [0.25, 0.3) is 5.91 Å². The second kappa shape index (κ2) is 11.2. The number of hydrogen-bond donors (Lipinski definition) is 2. The zero-order valence-corrected chi connectivity index (χ0v) is 17.3. The summed E-state index contributed by atoms with van der Waals surface area (Å²) in [6, 6.07) is 17.8. The number of hydrogen-bond acceptors (Lipinski definition) is 3. The molecular formula is C21H29Cl2N3O. The highest BCUT2D eigenvalue weighted by molar-refractivity contribution is 5.95. The molecule has 0 radical (unpaired) electrons. The molecule has 3 rings (SSSR count). The molecule has 1 heterocycles. The number of nitrogen functional groups attached to an aromatic ring is 1. The minimum absolute atomic E-state index is 0. The molecule has 1 atom stereocenters. The Hall–Kier alpha value is -1.75. The first-order valence-corrected chi connectivity index (χ1v) is 9.06. The zero-order valence-electron chi connectivity index (χ0n) is 15.6. The molecular weight excluding hydrogens is 381 g/mol. The van der Waals surface area contributed by atoms with Crippen LogP contribution in [0.4, 0.5) is 5.69 Å². The van der Waals surface area contributed by atoms with Gasteiger partial charge in [0.15, 0.2) is 0 Å². The molecule has 27 heavy (non-hydrogen) atoms. The third-order valence-electron chi connectivity index (χ3n) is 5.05. The Morgan fingerprint density at radius 2 is 1.78 bits per heavy atom. The fourth-order valence-corrected chi connectivity index (χ4v) is 3.44. The average Bonchev–Trinajstić information content (AvgIpc) is 2.64. The molecule has 0 bridgehead atoms. The highest BCUT2D eigenvalue weighted by Gasteiger charge is 2.25. The van der Waals surface area contributed by atoms with Crippen LogP contribution in [0, 0.1) is 5.92 Å². The van der Waals surface area contributed by atoms with Crippen LogP contribution in [-0.2, 0) is 0 Å². The van der Waals surface area contributed by atoms with E-state index in [1.807, 2.05) is 12.1 Å². The van der Waals surface area contributed by atoms with Crippen molar-refractivity contribution in [2.24, 2.45) is 5.92 Å². The van der Waals surface area contributed by atoms with Gasteiger partial charge in [-0.15, -0.1) is 24.8 Å². The van der Waals surface area contributed by atoms with Crippen LogP contribution in [0.25, 0.3) is 0 Å². The second-order valence-corrected chi connectivity index (χ2v) is 6.98. The van der Waals surface area contributed by atoms with Crippen molar-refractivity contribution in [1.29, 1.82) is 0 Å². The van der Waals surface area contributed by atoms with Crippen molar-refractivity contribution in [2.75, 3.05) is 25.4 Å². The third-order valence-corrected chi connectivity index (χ3v) is 5.05. The van der Waals surface area contributed by atoms with Crippen LogP contribution >= 0.6 is 24.8 Å². The number of nitrogens with one attached hydrogen (secondary N) is 1. The molecule has 4 nitrogen and oxygen atoms in total. The number of anilines is 1. The van der Waals surface area contributed by atoms with E-state index in [0.29, 0.717) is 17.8 Å². The van der Waals surface area contributed by atoms with Gasteiger partial charge in [0.2, 0.25) is 0 Å². The van der Waals surface area contributed by atoms with E-state index in [9.17, 15) is 4.79 Å². The Labute approximate surface area is 174 Å². The lowest BCUT2D eigenvalue weighted by Gasteiger charge is -2.37. The van der Waals surface area contributed by atoms with Crippen molar-refractivity contribution in [3.63, 3.8) is 0 Å². The molecule has 1 unspecified atom stereocenters. The Bertz CT molecular complexity index is 704. The van der Waals surface area contributed by atoms with Gasteiger partial charge in [0.05, 0.1) is 6.04 Å². The summed E-state index contributed by atoms with van der Waals surface area (Å²) in [6.45, 7) is 5.08. The topological polar surface area (TPSA) is 58.4 Å². The van der Waals surface area contributed by atoms with Crippen LogP contribution in [0.3, 0.4) is 0 Å². The summed E-state index contributed by atoms with van der Waals surface area (Å²) in [6.07, 6.45) is 2.43. The number of carbonyl (C=O) groups is 1. The summed E-state index contributed by atoms with van der Waals surface area (Å²) >= 11 is 0. The second-order valence-electron chi connectivity index (χ2n) is 6.98. The van der Waals surface area contributed by atoms with Crippen LogP contribution in [0.5, 0.6) is 0 Å². The summed E-state index contributed by atoms with van der Waals surface area (Å²) in [7, 11) is 0.